The molecular weight excluding hydrogens is 212 g/mol. The molecule has 2 nitrogen and oxygen atoms in total. The lowest BCUT2D eigenvalue weighted by Gasteiger charge is -2.19. The third-order valence-corrected chi connectivity index (χ3v) is 2.29. The van der Waals surface area contributed by atoms with Crippen LogP contribution in [0.15, 0.2) is 18.2 Å². The number of amides is 1. The number of benzene rings is 1. The van der Waals surface area contributed by atoms with Crippen molar-refractivity contribution in [3.8, 4) is 0 Å². The molecule has 4 heteroatoms. The molecule has 0 saturated carbocycles. The van der Waals surface area contributed by atoms with Crippen LogP contribution >= 0.6 is 0 Å². The third kappa shape index (κ3) is 3.02. The molecule has 0 atom stereocenters. The molecule has 0 aromatic heterocycles. The quantitative estimate of drug-likeness (QED) is 0.777. The monoisotopic (exact) mass is 227 g/mol. The fourth-order valence-electron chi connectivity index (χ4n) is 1.42. The van der Waals surface area contributed by atoms with E-state index in [0.717, 1.165) is 6.07 Å². The zero-order valence-corrected chi connectivity index (χ0v) is 9.63. The van der Waals surface area contributed by atoms with Crippen LogP contribution in [0.25, 0.3) is 0 Å². The lowest BCUT2D eigenvalue weighted by molar-refractivity contribution is -0.133. The molecule has 1 rings (SSSR count). The predicted molar refractivity (Wildman–Crippen MR) is 57.7 cm³/mol. The van der Waals surface area contributed by atoms with Gasteiger partial charge in [-0.2, -0.15) is 0 Å². The Morgan fingerprint density at radius 2 is 2.00 bits per heavy atom. The van der Waals surface area contributed by atoms with Crippen molar-refractivity contribution in [3.05, 3.63) is 35.4 Å². The summed E-state index contributed by atoms with van der Waals surface area (Å²) < 4.78 is 25.9. The molecule has 0 spiro atoms. The van der Waals surface area contributed by atoms with Gasteiger partial charge in [0.05, 0.1) is 0 Å². The van der Waals surface area contributed by atoms with Crippen molar-refractivity contribution in [2.45, 2.75) is 20.4 Å². The van der Waals surface area contributed by atoms with E-state index >= 15 is 0 Å². The minimum absolute atomic E-state index is 0.0660. The van der Waals surface area contributed by atoms with Gasteiger partial charge in [-0.3, -0.25) is 4.79 Å². The highest BCUT2D eigenvalue weighted by atomic mass is 19.1. The minimum atomic E-state index is -0.622. The first-order valence-electron chi connectivity index (χ1n) is 5.10. The van der Waals surface area contributed by atoms with Crippen molar-refractivity contribution in [2.75, 3.05) is 7.05 Å². The largest absolute Gasteiger partial charge is 0.341 e. The van der Waals surface area contributed by atoms with Gasteiger partial charge in [-0.1, -0.05) is 19.9 Å². The molecule has 1 amide bonds. The topological polar surface area (TPSA) is 20.3 Å². The van der Waals surface area contributed by atoms with E-state index in [1.54, 1.807) is 20.9 Å². The van der Waals surface area contributed by atoms with Gasteiger partial charge in [-0.15, -0.1) is 0 Å². The molecule has 88 valence electrons. The van der Waals surface area contributed by atoms with Crippen molar-refractivity contribution in [3.63, 3.8) is 0 Å². The summed E-state index contributed by atoms with van der Waals surface area (Å²) in [4.78, 5) is 13.0. The molecule has 0 N–H and O–H groups in total. The summed E-state index contributed by atoms with van der Waals surface area (Å²) in [5, 5.41) is 0. The summed E-state index contributed by atoms with van der Waals surface area (Å²) in [5.74, 6) is -1.43. The first-order chi connectivity index (χ1) is 7.41. The Balaban J connectivity index is 2.77. The molecule has 0 aliphatic rings. The van der Waals surface area contributed by atoms with Gasteiger partial charge in [0, 0.05) is 31.1 Å². The van der Waals surface area contributed by atoms with Crippen molar-refractivity contribution in [1.82, 2.24) is 4.90 Å². The van der Waals surface area contributed by atoms with Crippen molar-refractivity contribution in [2.24, 2.45) is 5.92 Å². The molecule has 16 heavy (non-hydrogen) atoms. The maximum atomic E-state index is 13.3. The fraction of sp³-hybridized carbons (Fsp3) is 0.417. The maximum absolute atomic E-state index is 13.3. The molecule has 1 aromatic carbocycles. The Morgan fingerprint density at radius 1 is 1.38 bits per heavy atom. The predicted octanol–water partition coefficient (Wildman–Crippen LogP) is 2.58. The SMILES string of the molecule is CC(C)C(=O)N(C)Cc1ccc(F)cc1F. The van der Waals surface area contributed by atoms with Crippen LogP contribution in [0.5, 0.6) is 0 Å². The number of hydrogen-bond acceptors (Lipinski definition) is 1. The lowest BCUT2D eigenvalue weighted by Crippen LogP contribution is -2.30. The minimum Gasteiger partial charge on any atom is -0.341 e. The zero-order chi connectivity index (χ0) is 12.3. The average molecular weight is 227 g/mol. The van der Waals surface area contributed by atoms with E-state index in [2.05, 4.69) is 0 Å². The lowest BCUT2D eigenvalue weighted by atomic mass is 10.1. The summed E-state index contributed by atoms with van der Waals surface area (Å²) in [6.45, 7) is 3.71. The smallest absolute Gasteiger partial charge is 0.225 e. The van der Waals surface area contributed by atoms with E-state index in [-0.39, 0.29) is 18.4 Å². The molecule has 0 heterocycles. The van der Waals surface area contributed by atoms with Crippen molar-refractivity contribution in [1.29, 1.82) is 0 Å². The van der Waals surface area contributed by atoms with Crippen molar-refractivity contribution < 1.29 is 13.6 Å². The van der Waals surface area contributed by atoms with Crippen LogP contribution in [0.3, 0.4) is 0 Å². The molecule has 1 aromatic rings. The summed E-state index contributed by atoms with van der Waals surface area (Å²) >= 11 is 0. The summed E-state index contributed by atoms with van der Waals surface area (Å²) in [6.07, 6.45) is 0. The van der Waals surface area contributed by atoms with E-state index in [1.165, 1.54) is 17.0 Å². The first kappa shape index (κ1) is 12.6. The highest BCUT2D eigenvalue weighted by Gasteiger charge is 2.14. The van der Waals surface area contributed by atoms with Crippen molar-refractivity contribution >= 4 is 5.91 Å². The van der Waals surface area contributed by atoms with Crippen LogP contribution in [-0.2, 0) is 11.3 Å². The number of carbonyl (C=O) groups excluding carboxylic acids is 1. The summed E-state index contributed by atoms with van der Waals surface area (Å²) in [5.41, 5.74) is 0.318. The Labute approximate surface area is 93.9 Å². The van der Waals surface area contributed by atoms with E-state index in [4.69, 9.17) is 0 Å². The summed E-state index contributed by atoms with van der Waals surface area (Å²) in [7, 11) is 1.60. The molecule has 0 aliphatic carbocycles. The number of hydrogen-bond donors (Lipinski definition) is 0. The van der Waals surface area contributed by atoms with Gasteiger partial charge >= 0.3 is 0 Å². The molecule has 0 saturated heterocycles. The van der Waals surface area contributed by atoms with Gasteiger partial charge in [0.1, 0.15) is 11.6 Å². The molecule has 0 bridgehead atoms. The zero-order valence-electron chi connectivity index (χ0n) is 9.63. The normalized spacial score (nSPS) is 10.6. The molecule has 0 radical (unpaired) electrons. The van der Waals surface area contributed by atoms with E-state index in [9.17, 15) is 13.6 Å². The van der Waals surface area contributed by atoms with Gasteiger partial charge in [0.15, 0.2) is 0 Å². The fourth-order valence-corrected chi connectivity index (χ4v) is 1.42. The van der Waals surface area contributed by atoms with Gasteiger partial charge in [-0.25, -0.2) is 8.78 Å². The van der Waals surface area contributed by atoms with Crippen LogP contribution < -0.4 is 0 Å². The summed E-state index contributed by atoms with van der Waals surface area (Å²) in [6, 6.07) is 3.36. The van der Waals surface area contributed by atoms with Crippen LogP contribution in [0.2, 0.25) is 0 Å². The highest BCUT2D eigenvalue weighted by molar-refractivity contribution is 5.77. The molecule has 0 unspecified atom stereocenters. The third-order valence-electron chi connectivity index (χ3n) is 2.29. The standard InChI is InChI=1S/C12H15F2NO/c1-8(2)12(16)15(3)7-9-4-5-10(13)6-11(9)14/h4-6,8H,7H2,1-3H3. The Morgan fingerprint density at radius 3 is 2.50 bits per heavy atom. The van der Waals surface area contributed by atoms with Gasteiger partial charge in [0.2, 0.25) is 5.91 Å². The second-order valence-corrected chi connectivity index (χ2v) is 4.08. The highest BCUT2D eigenvalue weighted by Crippen LogP contribution is 2.12. The number of halogens is 2. The molecule has 0 fully saturated rings. The van der Waals surface area contributed by atoms with Crippen LogP contribution in [-0.4, -0.2) is 17.9 Å². The van der Waals surface area contributed by atoms with Gasteiger partial charge < -0.3 is 4.90 Å². The van der Waals surface area contributed by atoms with Gasteiger partial charge in [-0.05, 0) is 6.07 Å². The number of rotatable bonds is 3. The molecular formula is C12H15F2NO. The second kappa shape index (κ2) is 5.05. The number of nitrogens with zero attached hydrogens (tertiary/aromatic N) is 1. The first-order valence-corrected chi connectivity index (χ1v) is 5.10. The second-order valence-electron chi connectivity index (χ2n) is 4.08. The van der Waals surface area contributed by atoms with E-state index in [1.807, 2.05) is 0 Å². The van der Waals surface area contributed by atoms with Crippen LogP contribution in [0.1, 0.15) is 19.4 Å². The Hall–Kier alpha value is -1.45. The maximum Gasteiger partial charge on any atom is 0.225 e. The Bertz CT molecular complexity index is 391. The van der Waals surface area contributed by atoms with Crippen LogP contribution in [0, 0.1) is 17.6 Å². The van der Waals surface area contributed by atoms with E-state index < -0.39 is 11.6 Å². The average Bonchev–Trinajstić information content (AvgIpc) is 2.20. The van der Waals surface area contributed by atoms with E-state index in [0.29, 0.717) is 5.56 Å². The van der Waals surface area contributed by atoms with Gasteiger partial charge in [0.25, 0.3) is 0 Å². The number of carbonyl (C=O) groups is 1. The van der Waals surface area contributed by atoms with Crippen LogP contribution in [0.4, 0.5) is 8.78 Å². The molecule has 0 aliphatic heterocycles. The Kier molecular flexibility index (Phi) is 3.99.